The molecule has 0 bridgehead atoms. The van der Waals surface area contributed by atoms with E-state index in [9.17, 15) is 9.59 Å². The lowest BCUT2D eigenvalue weighted by Crippen LogP contribution is -2.35. The molecule has 0 aromatic heterocycles. The quantitative estimate of drug-likeness (QED) is 0.580. The first-order valence-electron chi connectivity index (χ1n) is 9.17. The molecule has 0 fully saturated rings. The Morgan fingerprint density at radius 1 is 1.04 bits per heavy atom. The highest BCUT2D eigenvalue weighted by Crippen LogP contribution is 2.22. The normalized spacial score (nSPS) is 11.7. The van der Waals surface area contributed by atoms with Gasteiger partial charge in [-0.1, -0.05) is 54.1 Å². The van der Waals surface area contributed by atoms with Gasteiger partial charge in [0.25, 0.3) is 0 Å². The number of hydrogen-bond donors (Lipinski definition) is 0. The van der Waals surface area contributed by atoms with Crippen molar-refractivity contribution in [1.82, 2.24) is 4.90 Å². The van der Waals surface area contributed by atoms with Gasteiger partial charge in [0, 0.05) is 18.0 Å². The van der Waals surface area contributed by atoms with Crippen LogP contribution in [0, 0.1) is 0 Å². The molecule has 0 N–H and O–H groups in total. The summed E-state index contributed by atoms with van der Waals surface area (Å²) >= 11 is 5.90. The van der Waals surface area contributed by atoms with Crippen LogP contribution in [0.25, 0.3) is 0 Å². The van der Waals surface area contributed by atoms with Gasteiger partial charge in [0.2, 0.25) is 5.91 Å². The van der Waals surface area contributed by atoms with Crippen LogP contribution < -0.4 is 0 Å². The summed E-state index contributed by atoms with van der Waals surface area (Å²) in [6, 6.07) is 17.4. The highest BCUT2D eigenvalue weighted by Gasteiger charge is 2.22. The number of carbonyl (C=O) groups is 2. The van der Waals surface area contributed by atoms with Gasteiger partial charge in [-0.25, -0.2) is 0 Å². The number of amides is 1. The second kappa shape index (κ2) is 10.7. The van der Waals surface area contributed by atoms with E-state index in [2.05, 4.69) is 0 Å². The van der Waals surface area contributed by atoms with Gasteiger partial charge >= 0.3 is 5.97 Å². The lowest BCUT2D eigenvalue weighted by Gasteiger charge is -2.29. The molecule has 0 aliphatic rings. The average molecular weight is 388 g/mol. The SMILES string of the molecule is COC(=O)CCN(C(=O)CCCc1ccc(Cl)cc1)C(C)c1ccccc1. The fraction of sp³-hybridized carbons (Fsp3) is 0.364. The molecule has 2 rings (SSSR count). The zero-order chi connectivity index (χ0) is 19.6. The number of benzene rings is 2. The van der Waals surface area contributed by atoms with Crippen molar-refractivity contribution in [1.29, 1.82) is 0 Å². The third-order valence-electron chi connectivity index (χ3n) is 4.62. The number of carbonyl (C=O) groups excluding carboxylic acids is 2. The molecule has 2 aromatic carbocycles. The Hall–Kier alpha value is -2.33. The second-order valence-electron chi connectivity index (χ2n) is 6.48. The summed E-state index contributed by atoms with van der Waals surface area (Å²) in [5.41, 5.74) is 2.21. The first-order chi connectivity index (χ1) is 13.0. The van der Waals surface area contributed by atoms with Gasteiger partial charge in [-0.05, 0) is 43.0 Å². The Morgan fingerprint density at radius 2 is 1.70 bits per heavy atom. The summed E-state index contributed by atoms with van der Waals surface area (Å²) < 4.78 is 4.73. The second-order valence-corrected chi connectivity index (χ2v) is 6.92. The standard InChI is InChI=1S/C22H26ClNO3/c1-17(19-8-4-3-5-9-19)24(16-15-22(26)27-2)21(25)10-6-7-18-11-13-20(23)14-12-18/h3-5,8-9,11-14,17H,6-7,10,15-16H2,1-2H3. The third-order valence-corrected chi connectivity index (χ3v) is 4.88. The number of rotatable bonds is 9. The van der Waals surface area contributed by atoms with Crippen LogP contribution in [-0.4, -0.2) is 30.4 Å². The molecule has 4 nitrogen and oxygen atoms in total. The molecule has 5 heteroatoms. The van der Waals surface area contributed by atoms with Crippen molar-refractivity contribution >= 4 is 23.5 Å². The van der Waals surface area contributed by atoms with Crippen LogP contribution in [-0.2, 0) is 20.7 Å². The van der Waals surface area contributed by atoms with Crippen LogP contribution in [0.5, 0.6) is 0 Å². The maximum Gasteiger partial charge on any atom is 0.307 e. The largest absolute Gasteiger partial charge is 0.469 e. The van der Waals surface area contributed by atoms with E-state index < -0.39 is 0 Å². The highest BCUT2D eigenvalue weighted by molar-refractivity contribution is 6.30. The van der Waals surface area contributed by atoms with E-state index in [1.54, 1.807) is 4.90 Å². The van der Waals surface area contributed by atoms with Crippen molar-refractivity contribution in [2.24, 2.45) is 0 Å². The number of ether oxygens (including phenoxy) is 1. The molecule has 1 unspecified atom stereocenters. The maximum atomic E-state index is 12.9. The molecule has 2 aromatic rings. The topological polar surface area (TPSA) is 46.6 Å². The average Bonchev–Trinajstić information content (AvgIpc) is 2.70. The molecule has 0 aliphatic heterocycles. The van der Waals surface area contributed by atoms with Crippen LogP contribution in [0.3, 0.4) is 0 Å². The minimum Gasteiger partial charge on any atom is -0.469 e. The van der Waals surface area contributed by atoms with Gasteiger partial charge in [-0.3, -0.25) is 9.59 Å². The number of hydrogen-bond acceptors (Lipinski definition) is 3. The first-order valence-corrected chi connectivity index (χ1v) is 9.54. The maximum absolute atomic E-state index is 12.9. The molecule has 27 heavy (non-hydrogen) atoms. The van der Waals surface area contributed by atoms with Crippen LogP contribution in [0.2, 0.25) is 5.02 Å². The Labute approximate surface area is 166 Å². The summed E-state index contributed by atoms with van der Waals surface area (Å²) in [6.45, 7) is 2.34. The van der Waals surface area contributed by atoms with Crippen molar-refractivity contribution in [3.05, 3.63) is 70.7 Å². The van der Waals surface area contributed by atoms with E-state index in [1.165, 1.54) is 7.11 Å². The summed E-state index contributed by atoms with van der Waals surface area (Å²) in [6.07, 6.45) is 2.18. The van der Waals surface area contributed by atoms with Gasteiger partial charge in [0.1, 0.15) is 0 Å². The zero-order valence-corrected chi connectivity index (χ0v) is 16.6. The van der Waals surface area contributed by atoms with Crippen molar-refractivity contribution in [2.45, 2.75) is 38.6 Å². The van der Waals surface area contributed by atoms with Gasteiger partial charge in [-0.15, -0.1) is 0 Å². The Bertz CT molecular complexity index is 731. The van der Waals surface area contributed by atoms with E-state index in [-0.39, 0.29) is 24.3 Å². The summed E-state index contributed by atoms with van der Waals surface area (Å²) in [7, 11) is 1.36. The van der Waals surface area contributed by atoms with Gasteiger partial charge in [-0.2, -0.15) is 0 Å². The lowest BCUT2D eigenvalue weighted by molar-refractivity contribution is -0.142. The number of esters is 1. The molecule has 1 amide bonds. The Kier molecular flexibility index (Phi) is 8.34. The molecule has 0 saturated carbocycles. The molecule has 0 aliphatic carbocycles. The van der Waals surface area contributed by atoms with Crippen LogP contribution >= 0.6 is 11.6 Å². The molecule has 0 saturated heterocycles. The number of aryl methyl sites for hydroxylation is 1. The number of methoxy groups -OCH3 is 1. The fourth-order valence-electron chi connectivity index (χ4n) is 3.00. The van der Waals surface area contributed by atoms with Crippen molar-refractivity contribution < 1.29 is 14.3 Å². The summed E-state index contributed by atoms with van der Waals surface area (Å²) in [4.78, 5) is 26.2. The van der Waals surface area contributed by atoms with Crippen molar-refractivity contribution in [3.63, 3.8) is 0 Å². The third kappa shape index (κ3) is 6.72. The molecular formula is C22H26ClNO3. The smallest absolute Gasteiger partial charge is 0.307 e. The van der Waals surface area contributed by atoms with E-state index in [0.29, 0.717) is 18.0 Å². The number of halogens is 1. The van der Waals surface area contributed by atoms with E-state index in [0.717, 1.165) is 24.0 Å². The minimum atomic E-state index is -0.311. The monoisotopic (exact) mass is 387 g/mol. The van der Waals surface area contributed by atoms with Gasteiger partial charge in [0.05, 0.1) is 19.6 Å². The molecule has 0 spiro atoms. The molecular weight excluding hydrogens is 362 g/mol. The molecule has 144 valence electrons. The summed E-state index contributed by atoms with van der Waals surface area (Å²) in [5.74, 6) is -0.265. The Balaban J connectivity index is 1.98. The van der Waals surface area contributed by atoms with Crippen LogP contribution in [0.4, 0.5) is 0 Å². The van der Waals surface area contributed by atoms with Crippen molar-refractivity contribution in [3.8, 4) is 0 Å². The minimum absolute atomic E-state index is 0.0456. The van der Waals surface area contributed by atoms with Gasteiger partial charge < -0.3 is 9.64 Å². The summed E-state index contributed by atoms with van der Waals surface area (Å²) in [5, 5.41) is 0.709. The number of nitrogens with zero attached hydrogens (tertiary/aromatic N) is 1. The van der Waals surface area contributed by atoms with Crippen LogP contribution in [0.1, 0.15) is 43.4 Å². The van der Waals surface area contributed by atoms with E-state index in [1.807, 2.05) is 61.5 Å². The predicted molar refractivity (Wildman–Crippen MR) is 108 cm³/mol. The van der Waals surface area contributed by atoms with E-state index >= 15 is 0 Å². The zero-order valence-electron chi connectivity index (χ0n) is 15.9. The fourth-order valence-corrected chi connectivity index (χ4v) is 3.12. The van der Waals surface area contributed by atoms with Crippen LogP contribution in [0.15, 0.2) is 54.6 Å². The Morgan fingerprint density at radius 3 is 2.33 bits per heavy atom. The molecule has 1 atom stereocenters. The molecule has 0 heterocycles. The lowest BCUT2D eigenvalue weighted by atomic mass is 10.0. The molecule has 0 radical (unpaired) electrons. The highest BCUT2D eigenvalue weighted by atomic mass is 35.5. The first kappa shape index (κ1) is 21.0. The van der Waals surface area contributed by atoms with Crippen molar-refractivity contribution in [2.75, 3.05) is 13.7 Å². The predicted octanol–water partition coefficient (Wildman–Crippen LogP) is 4.82. The van der Waals surface area contributed by atoms with E-state index in [4.69, 9.17) is 16.3 Å². The van der Waals surface area contributed by atoms with Gasteiger partial charge in [0.15, 0.2) is 0 Å².